The van der Waals surface area contributed by atoms with Gasteiger partial charge in [-0.1, -0.05) is 6.58 Å². The molecule has 0 bridgehead atoms. The monoisotopic (exact) mass is 172 g/mol. The van der Waals surface area contributed by atoms with Crippen LogP contribution >= 0.6 is 0 Å². The summed E-state index contributed by atoms with van der Waals surface area (Å²) in [6.07, 6.45) is 0. The van der Waals surface area contributed by atoms with Gasteiger partial charge in [0.05, 0.1) is 12.5 Å². The fourth-order valence-corrected chi connectivity index (χ4v) is 0.753. The minimum Gasteiger partial charge on any atom is -0.469 e. The van der Waals surface area contributed by atoms with Crippen LogP contribution in [0.15, 0.2) is 12.3 Å². The topological polar surface area (TPSA) is 44.8 Å². The fourth-order valence-electron chi connectivity index (χ4n) is 0.753. The maximum Gasteiger partial charge on any atom is 0.311 e. The highest BCUT2D eigenvalue weighted by Gasteiger charge is 2.16. The number of cyclic esters (lactones) is 1. The predicted molar refractivity (Wildman–Crippen MR) is 41.2 cm³/mol. The molecule has 0 spiro atoms. The molecule has 1 saturated heterocycles. The summed E-state index contributed by atoms with van der Waals surface area (Å²) in [6.45, 7) is 5.87. The first-order valence-corrected chi connectivity index (χ1v) is 3.75. The van der Waals surface area contributed by atoms with Crippen LogP contribution in [-0.2, 0) is 19.0 Å². The van der Waals surface area contributed by atoms with Gasteiger partial charge in [0, 0.05) is 0 Å². The van der Waals surface area contributed by atoms with Gasteiger partial charge in [-0.3, -0.25) is 4.79 Å². The zero-order valence-corrected chi connectivity index (χ0v) is 7.04. The van der Waals surface area contributed by atoms with Crippen molar-refractivity contribution in [3.8, 4) is 0 Å². The minimum atomic E-state index is -0.276. The molecular formula is C8H12O4. The number of ether oxygens (including phenoxy) is 3. The van der Waals surface area contributed by atoms with Gasteiger partial charge in [0.25, 0.3) is 0 Å². The molecule has 0 aromatic carbocycles. The second-order valence-electron chi connectivity index (χ2n) is 2.68. The van der Waals surface area contributed by atoms with Crippen molar-refractivity contribution in [2.45, 2.75) is 6.92 Å². The first-order valence-electron chi connectivity index (χ1n) is 3.75. The van der Waals surface area contributed by atoms with Gasteiger partial charge in [0.15, 0.2) is 6.79 Å². The molecule has 0 aromatic heterocycles. The van der Waals surface area contributed by atoms with Crippen molar-refractivity contribution in [1.29, 1.82) is 0 Å². The van der Waals surface area contributed by atoms with Crippen LogP contribution in [0.5, 0.6) is 0 Å². The predicted octanol–water partition coefficient (Wildman–Crippen LogP) is 0.684. The van der Waals surface area contributed by atoms with Gasteiger partial charge in [0.2, 0.25) is 0 Å². The normalized spacial score (nSPS) is 26.2. The molecule has 1 heterocycles. The molecule has 0 aromatic rings. The zero-order chi connectivity index (χ0) is 8.97. The standard InChI is InChI=1S/C8H12O4/c1-6-3-10-5-12-7(2)4-11-8(6)9/h6H,2-5H2,1H3. The fraction of sp³-hybridized carbons (Fsp3) is 0.625. The van der Waals surface area contributed by atoms with Crippen LogP contribution in [0.25, 0.3) is 0 Å². The summed E-state index contributed by atoms with van der Waals surface area (Å²) in [5.74, 6) is -0.0985. The summed E-state index contributed by atoms with van der Waals surface area (Å²) in [7, 11) is 0. The third kappa shape index (κ3) is 2.54. The molecule has 68 valence electrons. The van der Waals surface area contributed by atoms with E-state index in [2.05, 4.69) is 6.58 Å². The molecule has 1 atom stereocenters. The quantitative estimate of drug-likeness (QED) is 0.504. The van der Waals surface area contributed by atoms with Gasteiger partial charge in [-0.05, 0) is 6.92 Å². The van der Waals surface area contributed by atoms with E-state index < -0.39 is 0 Å². The van der Waals surface area contributed by atoms with Crippen molar-refractivity contribution in [2.24, 2.45) is 5.92 Å². The number of carbonyl (C=O) groups excluding carboxylic acids is 1. The van der Waals surface area contributed by atoms with Gasteiger partial charge < -0.3 is 14.2 Å². The van der Waals surface area contributed by atoms with E-state index in [4.69, 9.17) is 14.2 Å². The van der Waals surface area contributed by atoms with Gasteiger partial charge in [-0.2, -0.15) is 0 Å². The number of carbonyl (C=O) groups is 1. The Morgan fingerprint density at radius 3 is 3.00 bits per heavy atom. The molecule has 1 aliphatic heterocycles. The molecule has 1 rings (SSSR count). The molecule has 4 heteroatoms. The number of rotatable bonds is 0. The molecule has 12 heavy (non-hydrogen) atoms. The SMILES string of the molecule is C=C1COC(=O)C(C)COCO1. The first-order chi connectivity index (χ1) is 5.70. The van der Waals surface area contributed by atoms with Crippen LogP contribution in [-0.4, -0.2) is 26.0 Å². The molecule has 0 amide bonds. The van der Waals surface area contributed by atoms with Crippen molar-refractivity contribution in [3.05, 3.63) is 12.3 Å². The first kappa shape index (κ1) is 9.06. The average molecular weight is 172 g/mol. The number of esters is 1. The Kier molecular flexibility index (Phi) is 3.10. The van der Waals surface area contributed by atoms with Crippen molar-refractivity contribution < 1.29 is 19.0 Å². The molecule has 1 unspecified atom stereocenters. The van der Waals surface area contributed by atoms with E-state index in [1.54, 1.807) is 6.92 Å². The summed E-state index contributed by atoms with van der Waals surface area (Å²) >= 11 is 0. The van der Waals surface area contributed by atoms with E-state index in [1.807, 2.05) is 0 Å². The summed E-state index contributed by atoms with van der Waals surface area (Å²) < 4.78 is 14.8. The molecule has 0 radical (unpaired) electrons. The van der Waals surface area contributed by atoms with E-state index in [0.29, 0.717) is 12.4 Å². The molecule has 4 nitrogen and oxygen atoms in total. The lowest BCUT2D eigenvalue weighted by Gasteiger charge is -2.06. The minimum absolute atomic E-state index is 0.118. The third-order valence-electron chi connectivity index (χ3n) is 1.49. The zero-order valence-electron chi connectivity index (χ0n) is 7.04. The van der Waals surface area contributed by atoms with Crippen LogP contribution in [0.2, 0.25) is 0 Å². The smallest absolute Gasteiger partial charge is 0.311 e. The Morgan fingerprint density at radius 1 is 1.50 bits per heavy atom. The van der Waals surface area contributed by atoms with Crippen molar-refractivity contribution in [1.82, 2.24) is 0 Å². The summed E-state index contributed by atoms with van der Waals surface area (Å²) in [5, 5.41) is 0. The van der Waals surface area contributed by atoms with E-state index in [9.17, 15) is 4.79 Å². The maximum atomic E-state index is 11.1. The van der Waals surface area contributed by atoms with Crippen LogP contribution in [0.3, 0.4) is 0 Å². The largest absolute Gasteiger partial charge is 0.469 e. The van der Waals surface area contributed by atoms with Gasteiger partial charge >= 0.3 is 5.97 Å². The van der Waals surface area contributed by atoms with Crippen LogP contribution in [0.1, 0.15) is 6.92 Å². The van der Waals surface area contributed by atoms with Gasteiger partial charge in [0.1, 0.15) is 12.4 Å². The lowest BCUT2D eigenvalue weighted by atomic mass is 10.2. The molecular weight excluding hydrogens is 160 g/mol. The lowest BCUT2D eigenvalue weighted by Crippen LogP contribution is -2.19. The summed E-state index contributed by atoms with van der Waals surface area (Å²) in [5.41, 5.74) is 0. The summed E-state index contributed by atoms with van der Waals surface area (Å²) in [6, 6.07) is 0. The van der Waals surface area contributed by atoms with Gasteiger partial charge in [-0.15, -0.1) is 0 Å². The Hall–Kier alpha value is -1.03. The molecule has 0 aliphatic carbocycles. The average Bonchev–Trinajstić information content (AvgIpc) is 2.11. The van der Waals surface area contributed by atoms with E-state index in [0.717, 1.165) is 0 Å². The highest BCUT2D eigenvalue weighted by molar-refractivity contribution is 5.72. The number of hydrogen-bond donors (Lipinski definition) is 0. The van der Waals surface area contributed by atoms with Gasteiger partial charge in [-0.25, -0.2) is 0 Å². The molecule has 0 N–H and O–H groups in total. The Morgan fingerprint density at radius 2 is 2.25 bits per heavy atom. The molecule has 1 aliphatic rings. The maximum absolute atomic E-state index is 11.1. The Labute approximate surface area is 71.1 Å². The van der Waals surface area contributed by atoms with Crippen LogP contribution in [0.4, 0.5) is 0 Å². The molecule has 0 saturated carbocycles. The highest BCUT2D eigenvalue weighted by atomic mass is 16.7. The highest BCUT2D eigenvalue weighted by Crippen LogP contribution is 2.05. The van der Waals surface area contributed by atoms with E-state index >= 15 is 0 Å². The summed E-state index contributed by atoms with van der Waals surface area (Å²) in [4.78, 5) is 11.1. The van der Waals surface area contributed by atoms with Crippen LogP contribution in [0, 0.1) is 5.92 Å². The van der Waals surface area contributed by atoms with Crippen molar-refractivity contribution >= 4 is 5.97 Å². The molecule has 1 fully saturated rings. The van der Waals surface area contributed by atoms with E-state index in [-0.39, 0.29) is 25.3 Å². The van der Waals surface area contributed by atoms with Crippen molar-refractivity contribution in [3.63, 3.8) is 0 Å². The second-order valence-corrected chi connectivity index (χ2v) is 2.68. The van der Waals surface area contributed by atoms with Crippen LogP contribution < -0.4 is 0 Å². The van der Waals surface area contributed by atoms with E-state index in [1.165, 1.54) is 0 Å². The Bertz CT molecular complexity index is 187. The number of hydrogen-bond acceptors (Lipinski definition) is 4. The third-order valence-corrected chi connectivity index (χ3v) is 1.49. The lowest BCUT2D eigenvalue weighted by molar-refractivity contribution is -0.148. The Balaban J connectivity index is 2.48. The second kappa shape index (κ2) is 4.11. The van der Waals surface area contributed by atoms with Crippen molar-refractivity contribution in [2.75, 3.05) is 20.0 Å².